The molecule has 7 heteroatoms. The smallest absolute Gasteiger partial charge is 0.511 e. The van der Waals surface area contributed by atoms with Crippen molar-refractivity contribution in [1.29, 1.82) is 0 Å². The van der Waals surface area contributed by atoms with E-state index >= 15 is 0 Å². The molecule has 65 heavy (non-hydrogen) atoms. The van der Waals surface area contributed by atoms with Gasteiger partial charge in [-0.3, -0.25) is 11.8 Å². The second-order valence-electron chi connectivity index (χ2n) is 15.5. The van der Waals surface area contributed by atoms with Crippen LogP contribution in [0.5, 0.6) is 23.0 Å². The van der Waals surface area contributed by atoms with Crippen molar-refractivity contribution < 1.29 is 40.0 Å². The fourth-order valence-corrected chi connectivity index (χ4v) is 7.28. The zero-order chi connectivity index (χ0) is 46.0. The standard InChI is InChI=1S/2C29H35O2S.Pt/c2*1-5-8-10-12-20-30-28-23-26(17-14-24-15-18-27(32-4)19-16-24)29(22-25(28)7-3)31-21-13-11-9-6-2;/h2*15-16,18-19,22-23H,5-6,8-13,20-21H2,1-2,4H3;/q2*-1;+2. The van der Waals surface area contributed by atoms with Crippen molar-refractivity contribution in [2.45, 2.75) is 140 Å². The normalized spacial score (nSPS) is 10.0. The average Bonchev–Trinajstić information content (AvgIpc) is 3.33. The zero-order valence-corrected chi connectivity index (χ0v) is 43.7. The maximum atomic E-state index is 7.72. The molecule has 0 spiro atoms. The van der Waals surface area contributed by atoms with Crippen LogP contribution in [0.15, 0.2) is 82.6 Å². The van der Waals surface area contributed by atoms with Gasteiger partial charge in [-0.1, -0.05) is 152 Å². The van der Waals surface area contributed by atoms with Gasteiger partial charge in [0.2, 0.25) is 0 Å². The van der Waals surface area contributed by atoms with Crippen LogP contribution in [-0.2, 0) is 21.1 Å². The molecule has 4 aromatic carbocycles. The maximum Gasteiger partial charge on any atom is 2.00 e. The van der Waals surface area contributed by atoms with E-state index in [-0.39, 0.29) is 21.1 Å². The van der Waals surface area contributed by atoms with E-state index in [9.17, 15) is 0 Å². The first kappa shape index (κ1) is 56.8. The van der Waals surface area contributed by atoms with E-state index in [1.54, 1.807) is 23.5 Å². The van der Waals surface area contributed by atoms with Crippen molar-refractivity contribution in [2.24, 2.45) is 0 Å². The molecule has 0 saturated heterocycles. The molecule has 4 rings (SSSR count). The number of hydrogen-bond acceptors (Lipinski definition) is 6. The summed E-state index contributed by atoms with van der Waals surface area (Å²) in [5, 5.41) is 0. The van der Waals surface area contributed by atoms with E-state index in [4.69, 9.17) is 31.8 Å². The number of benzene rings is 4. The third-order valence-electron chi connectivity index (χ3n) is 10.3. The fraction of sp³-hybridized carbons (Fsp3) is 0.448. The van der Waals surface area contributed by atoms with Crippen LogP contribution in [0.3, 0.4) is 0 Å². The molecule has 4 aromatic rings. The summed E-state index contributed by atoms with van der Waals surface area (Å²) in [6.45, 7) is 11.4. The second-order valence-corrected chi connectivity index (χ2v) is 17.3. The van der Waals surface area contributed by atoms with Crippen LogP contribution in [0.25, 0.3) is 0 Å². The Labute approximate surface area is 417 Å². The van der Waals surface area contributed by atoms with E-state index in [1.807, 2.05) is 48.5 Å². The first-order chi connectivity index (χ1) is 31.4. The molecule has 0 aliphatic carbocycles. The molecule has 0 amide bonds. The van der Waals surface area contributed by atoms with Crippen LogP contribution in [0.4, 0.5) is 0 Å². The molecule has 0 fully saturated rings. The van der Waals surface area contributed by atoms with Crippen LogP contribution in [-0.4, -0.2) is 38.9 Å². The molecular formula is C58H70O4PtS2. The number of unbranched alkanes of at least 4 members (excludes halogenated alkanes) is 12. The molecule has 0 atom stereocenters. The summed E-state index contributed by atoms with van der Waals surface area (Å²) < 4.78 is 24.2. The van der Waals surface area contributed by atoms with Crippen molar-refractivity contribution in [3.05, 3.63) is 119 Å². The Hall–Kier alpha value is -4.29. The van der Waals surface area contributed by atoms with E-state index in [1.165, 1.54) is 61.2 Å². The molecule has 0 aliphatic heterocycles. The maximum absolute atomic E-state index is 7.72. The summed E-state index contributed by atoms with van der Waals surface area (Å²) >= 11 is 3.44. The molecule has 348 valence electrons. The molecular weight excluding hydrogens is 1020 g/mol. The van der Waals surface area contributed by atoms with Gasteiger partial charge in [0.15, 0.2) is 0 Å². The molecule has 0 aliphatic rings. The Morgan fingerprint density at radius 1 is 0.385 bits per heavy atom. The predicted octanol–water partition coefficient (Wildman–Crippen LogP) is 15.3. The van der Waals surface area contributed by atoms with Crippen LogP contribution in [0.1, 0.15) is 164 Å². The summed E-state index contributed by atoms with van der Waals surface area (Å²) in [4.78, 5) is 2.44. The van der Waals surface area contributed by atoms with Crippen LogP contribution >= 0.6 is 23.5 Å². The SMILES string of the molecule is [C-]#Cc1cc(OCCCCCC)c(C#Cc2ccc(SC)cc2)cc1OCCCCCC.[C-]#Cc1cc(OCCCCCC)c(C#Cc2ccc(SC)cc2)cc1OCCCCCC.[Pt+2]. The van der Waals surface area contributed by atoms with Gasteiger partial charge >= 0.3 is 21.1 Å². The minimum Gasteiger partial charge on any atom is -0.511 e. The topological polar surface area (TPSA) is 36.9 Å². The quantitative estimate of drug-likeness (QED) is 0.0270. The molecule has 0 aromatic heterocycles. The van der Waals surface area contributed by atoms with Crippen molar-refractivity contribution >= 4 is 23.5 Å². The van der Waals surface area contributed by atoms with Crippen molar-refractivity contribution in [2.75, 3.05) is 38.9 Å². The van der Waals surface area contributed by atoms with Crippen LogP contribution in [0.2, 0.25) is 0 Å². The molecule has 0 bridgehead atoms. The van der Waals surface area contributed by atoms with E-state index in [0.717, 1.165) is 73.6 Å². The van der Waals surface area contributed by atoms with Crippen molar-refractivity contribution in [3.8, 4) is 58.5 Å². The van der Waals surface area contributed by atoms with E-state index in [0.29, 0.717) is 60.6 Å². The molecule has 4 nitrogen and oxygen atoms in total. The van der Waals surface area contributed by atoms with Gasteiger partial charge in [-0.15, -0.1) is 23.5 Å². The number of thioether (sulfide) groups is 2. The van der Waals surface area contributed by atoms with Gasteiger partial charge in [0.25, 0.3) is 0 Å². The van der Waals surface area contributed by atoms with E-state index in [2.05, 4.69) is 100.0 Å². The first-order valence-electron chi connectivity index (χ1n) is 23.5. The summed E-state index contributed by atoms with van der Waals surface area (Å²) in [5.41, 5.74) is 4.72. The van der Waals surface area contributed by atoms with Gasteiger partial charge in [-0.2, -0.15) is 0 Å². The van der Waals surface area contributed by atoms with Gasteiger partial charge in [-0.05, 0) is 98.9 Å². The Balaban J connectivity index is 0.000000440. The number of hydrogen-bond donors (Lipinski definition) is 0. The summed E-state index contributed by atoms with van der Waals surface area (Å²) in [7, 11) is 0. The van der Waals surface area contributed by atoms with Gasteiger partial charge < -0.3 is 31.8 Å². The third kappa shape index (κ3) is 22.6. The number of ether oxygens (including phenoxy) is 4. The zero-order valence-electron chi connectivity index (χ0n) is 39.8. The molecule has 0 saturated carbocycles. The van der Waals surface area contributed by atoms with Crippen LogP contribution < -0.4 is 18.9 Å². The van der Waals surface area contributed by atoms with Gasteiger partial charge in [0.05, 0.1) is 49.1 Å². The summed E-state index contributed by atoms with van der Waals surface area (Å²) in [6, 6.07) is 24.0. The number of rotatable bonds is 26. The summed E-state index contributed by atoms with van der Waals surface area (Å²) in [5.74, 6) is 20.7. The van der Waals surface area contributed by atoms with Gasteiger partial charge in [0, 0.05) is 20.9 Å². The molecule has 0 N–H and O–H groups in total. The third-order valence-corrected chi connectivity index (χ3v) is 11.8. The van der Waals surface area contributed by atoms with Crippen LogP contribution in [0, 0.1) is 48.4 Å². The Morgan fingerprint density at radius 3 is 0.923 bits per heavy atom. The second kappa shape index (κ2) is 35.9. The fourth-order valence-electron chi connectivity index (χ4n) is 6.46. The molecule has 0 heterocycles. The first-order valence-corrected chi connectivity index (χ1v) is 25.9. The Kier molecular flexibility index (Phi) is 31.4. The predicted molar refractivity (Wildman–Crippen MR) is 272 cm³/mol. The Morgan fingerprint density at radius 2 is 0.662 bits per heavy atom. The minimum atomic E-state index is 0. The minimum absolute atomic E-state index is 0. The van der Waals surface area contributed by atoms with Crippen molar-refractivity contribution in [3.63, 3.8) is 0 Å². The Bertz CT molecular complexity index is 1990. The molecule has 0 unspecified atom stereocenters. The molecule has 0 radical (unpaired) electrons. The van der Waals surface area contributed by atoms with Gasteiger partial charge in [-0.25, -0.2) is 0 Å². The largest absolute Gasteiger partial charge is 2.00 e. The monoisotopic (exact) mass is 1090 g/mol. The van der Waals surface area contributed by atoms with E-state index < -0.39 is 0 Å². The van der Waals surface area contributed by atoms with Crippen molar-refractivity contribution in [1.82, 2.24) is 0 Å². The average molecular weight is 1090 g/mol. The van der Waals surface area contributed by atoms with Gasteiger partial charge in [0.1, 0.15) is 11.5 Å². The summed E-state index contributed by atoms with van der Waals surface area (Å²) in [6.07, 6.45) is 37.8.